The molecule has 0 radical (unpaired) electrons. The number of hydrogen-bond donors (Lipinski definition) is 1. The van der Waals surface area contributed by atoms with E-state index in [1.807, 2.05) is 0 Å². The molecule has 3 rings (SSSR count). The Balaban J connectivity index is 1.89. The molecular formula is C16H22ClNO3S. The molecule has 0 amide bonds. The molecule has 1 heterocycles. The van der Waals surface area contributed by atoms with E-state index in [1.165, 1.54) is 4.31 Å². The lowest BCUT2D eigenvalue weighted by atomic mass is 9.72. The van der Waals surface area contributed by atoms with Gasteiger partial charge in [0.05, 0.1) is 10.6 Å². The summed E-state index contributed by atoms with van der Waals surface area (Å²) in [6, 6.07) is 5.08. The van der Waals surface area contributed by atoms with E-state index >= 15 is 0 Å². The Labute approximate surface area is 137 Å². The number of nitrogens with zero attached hydrogens (tertiary/aromatic N) is 1. The van der Waals surface area contributed by atoms with Crippen LogP contribution in [0.15, 0.2) is 23.1 Å². The Bertz CT molecular complexity index is 676. The van der Waals surface area contributed by atoms with E-state index in [0.717, 1.165) is 31.2 Å². The first kappa shape index (κ1) is 16.2. The van der Waals surface area contributed by atoms with E-state index in [9.17, 15) is 13.5 Å². The summed E-state index contributed by atoms with van der Waals surface area (Å²) in [7, 11) is -3.60. The van der Waals surface area contributed by atoms with Gasteiger partial charge < -0.3 is 5.11 Å². The molecule has 1 saturated carbocycles. The first-order valence-electron chi connectivity index (χ1n) is 7.82. The van der Waals surface area contributed by atoms with E-state index in [4.69, 9.17) is 11.6 Å². The van der Waals surface area contributed by atoms with Gasteiger partial charge in [-0.3, -0.25) is 0 Å². The minimum atomic E-state index is -3.60. The molecule has 6 heteroatoms. The summed E-state index contributed by atoms with van der Waals surface area (Å²) in [4.78, 5) is 0.176. The first-order chi connectivity index (χ1) is 10.3. The molecule has 1 aliphatic carbocycles. The number of hydrogen-bond acceptors (Lipinski definition) is 3. The summed E-state index contributed by atoms with van der Waals surface area (Å²) >= 11 is 6.21. The first-order valence-corrected chi connectivity index (χ1v) is 9.64. The SMILES string of the molecule is Cc1cccc(S(=O)(=O)N2CCC3(O)CCCCC3C2)c1Cl. The van der Waals surface area contributed by atoms with Crippen LogP contribution >= 0.6 is 11.6 Å². The summed E-state index contributed by atoms with van der Waals surface area (Å²) in [5.74, 6) is 0.0355. The van der Waals surface area contributed by atoms with Gasteiger partial charge in [0.15, 0.2) is 0 Å². The van der Waals surface area contributed by atoms with Gasteiger partial charge in [0, 0.05) is 19.0 Å². The van der Waals surface area contributed by atoms with Crippen LogP contribution in [0.2, 0.25) is 5.02 Å². The van der Waals surface area contributed by atoms with Crippen molar-refractivity contribution in [2.75, 3.05) is 13.1 Å². The van der Waals surface area contributed by atoms with Crippen LogP contribution in [-0.2, 0) is 10.0 Å². The Hall–Kier alpha value is -0.620. The molecule has 2 atom stereocenters. The van der Waals surface area contributed by atoms with Crippen LogP contribution in [-0.4, -0.2) is 36.5 Å². The molecule has 122 valence electrons. The van der Waals surface area contributed by atoms with E-state index in [2.05, 4.69) is 0 Å². The number of sulfonamides is 1. The number of rotatable bonds is 2. The van der Waals surface area contributed by atoms with E-state index < -0.39 is 15.6 Å². The average Bonchev–Trinajstić information content (AvgIpc) is 2.48. The minimum absolute atomic E-state index is 0.0355. The standard InChI is InChI=1S/C16H22ClNO3S/c1-12-5-4-7-14(15(12)17)22(20,21)18-10-9-16(19)8-3-2-6-13(16)11-18/h4-5,7,13,19H,2-3,6,8-11H2,1H3. The average molecular weight is 344 g/mol. The lowest BCUT2D eigenvalue weighted by molar-refractivity contribution is -0.0816. The third-order valence-electron chi connectivity index (χ3n) is 5.16. The molecule has 22 heavy (non-hydrogen) atoms. The fourth-order valence-corrected chi connectivity index (χ4v) is 5.76. The molecule has 1 N–H and O–H groups in total. The monoisotopic (exact) mass is 343 g/mol. The Morgan fingerprint density at radius 1 is 1.32 bits per heavy atom. The molecule has 0 spiro atoms. The van der Waals surface area contributed by atoms with E-state index in [-0.39, 0.29) is 10.8 Å². The Kier molecular flexibility index (Phi) is 4.27. The van der Waals surface area contributed by atoms with Crippen molar-refractivity contribution < 1.29 is 13.5 Å². The second kappa shape index (κ2) is 5.78. The fourth-order valence-electron chi connectivity index (χ4n) is 3.72. The van der Waals surface area contributed by atoms with Crippen molar-refractivity contribution in [3.8, 4) is 0 Å². The highest BCUT2D eigenvalue weighted by molar-refractivity contribution is 7.89. The second-order valence-electron chi connectivity index (χ2n) is 6.55. The number of piperidine rings is 1. The molecule has 0 bridgehead atoms. The second-order valence-corrected chi connectivity index (χ2v) is 8.83. The molecule has 2 fully saturated rings. The highest BCUT2D eigenvalue weighted by Crippen LogP contribution is 2.41. The van der Waals surface area contributed by atoms with E-state index in [0.29, 0.717) is 24.5 Å². The van der Waals surface area contributed by atoms with Crippen LogP contribution in [0.4, 0.5) is 0 Å². The molecule has 2 aliphatic rings. The zero-order valence-electron chi connectivity index (χ0n) is 12.8. The molecular weight excluding hydrogens is 322 g/mol. The molecule has 1 aromatic carbocycles. The summed E-state index contributed by atoms with van der Waals surface area (Å²) in [6.07, 6.45) is 4.29. The van der Waals surface area contributed by atoms with Crippen LogP contribution in [0.25, 0.3) is 0 Å². The van der Waals surface area contributed by atoms with Crippen molar-refractivity contribution in [3.05, 3.63) is 28.8 Å². The minimum Gasteiger partial charge on any atom is -0.390 e. The predicted molar refractivity (Wildman–Crippen MR) is 86.5 cm³/mol. The van der Waals surface area contributed by atoms with Gasteiger partial charge in [0.1, 0.15) is 4.90 Å². The van der Waals surface area contributed by atoms with Gasteiger partial charge in [-0.1, -0.05) is 36.6 Å². The van der Waals surface area contributed by atoms with Crippen LogP contribution in [0.5, 0.6) is 0 Å². The van der Waals surface area contributed by atoms with Gasteiger partial charge in [-0.2, -0.15) is 4.31 Å². The lowest BCUT2D eigenvalue weighted by Crippen LogP contribution is -2.54. The number of fused-ring (bicyclic) bond motifs is 1. The van der Waals surface area contributed by atoms with Crippen molar-refractivity contribution in [2.45, 2.75) is 49.5 Å². The third kappa shape index (κ3) is 2.68. The van der Waals surface area contributed by atoms with E-state index in [1.54, 1.807) is 25.1 Å². The predicted octanol–water partition coefficient (Wildman–Crippen LogP) is 2.96. The lowest BCUT2D eigenvalue weighted by Gasteiger charge is -2.46. The number of halogens is 1. The molecule has 1 aromatic rings. The molecule has 4 nitrogen and oxygen atoms in total. The molecule has 1 aliphatic heterocycles. The van der Waals surface area contributed by atoms with Gasteiger partial charge in [-0.15, -0.1) is 0 Å². The van der Waals surface area contributed by atoms with Crippen molar-refractivity contribution in [3.63, 3.8) is 0 Å². The Morgan fingerprint density at radius 2 is 2.09 bits per heavy atom. The molecule has 0 aromatic heterocycles. The van der Waals surface area contributed by atoms with Crippen LogP contribution in [0, 0.1) is 12.8 Å². The highest BCUT2D eigenvalue weighted by atomic mass is 35.5. The van der Waals surface area contributed by atoms with Crippen molar-refractivity contribution in [1.29, 1.82) is 0 Å². The largest absolute Gasteiger partial charge is 0.390 e. The fraction of sp³-hybridized carbons (Fsp3) is 0.625. The maximum atomic E-state index is 12.9. The Morgan fingerprint density at radius 3 is 2.86 bits per heavy atom. The summed E-state index contributed by atoms with van der Waals surface area (Å²) in [6.45, 7) is 2.56. The van der Waals surface area contributed by atoms with Gasteiger partial charge in [-0.05, 0) is 37.8 Å². The highest BCUT2D eigenvalue weighted by Gasteiger charge is 2.45. The maximum Gasteiger partial charge on any atom is 0.244 e. The van der Waals surface area contributed by atoms with Crippen molar-refractivity contribution in [1.82, 2.24) is 4.31 Å². The van der Waals surface area contributed by atoms with Gasteiger partial charge in [-0.25, -0.2) is 8.42 Å². The van der Waals surface area contributed by atoms with Gasteiger partial charge >= 0.3 is 0 Å². The summed E-state index contributed by atoms with van der Waals surface area (Å²) in [5, 5.41) is 11.0. The normalized spacial score (nSPS) is 30.0. The molecule has 1 saturated heterocycles. The summed E-state index contributed by atoms with van der Waals surface area (Å²) in [5.41, 5.74) is 0.0784. The van der Waals surface area contributed by atoms with Crippen molar-refractivity contribution in [2.24, 2.45) is 5.92 Å². The van der Waals surface area contributed by atoms with Gasteiger partial charge in [0.2, 0.25) is 10.0 Å². The summed E-state index contributed by atoms with van der Waals surface area (Å²) < 4.78 is 27.3. The third-order valence-corrected chi connectivity index (χ3v) is 7.69. The quantitative estimate of drug-likeness (QED) is 0.898. The van der Waals surface area contributed by atoms with Gasteiger partial charge in [0.25, 0.3) is 0 Å². The number of aryl methyl sites for hydroxylation is 1. The topological polar surface area (TPSA) is 57.6 Å². The van der Waals surface area contributed by atoms with Crippen LogP contribution in [0.1, 0.15) is 37.7 Å². The zero-order chi connectivity index (χ0) is 16.0. The van der Waals surface area contributed by atoms with Crippen LogP contribution < -0.4 is 0 Å². The maximum absolute atomic E-state index is 12.9. The van der Waals surface area contributed by atoms with Crippen molar-refractivity contribution >= 4 is 21.6 Å². The molecule has 2 unspecified atom stereocenters. The number of benzene rings is 1. The van der Waals surface area contributed by atoms with Crippen LogP contribution in [0.3, 0.4) is 0 Å². The zero-order valence-corrected chi connectivity index (χ0v) is 14.3. The number of aliphatic hydroxyl groups is 1. The smallest absolute Gasteiger partial charge is 0.244 e.